The van der Waals surface area contributed by atoms with Gasteiger partial charge in [-0.1, -0.05) is 17.7 Å². The summed E-state index contributed by atoms with van der Waals surface area (Å²) < 4.78 is 34.1. The van der Waals surface area contributed by atoms with Gasteiger partial charge < -0.3 is 9.32 Å². The highest BCUT2D eigenvalue weighted by Gasteiger charge is 2.35. The van der Waals surface area contributed by atoms with Gasteiger partial charge in [0.2, 0.25) is 5.91 Å². The van der Waals surface area contributed by atoms with E-state index in [9.17, 15) is 13.2 Å². The fourth-order valence-corrected chi connectivity index (χ4v) is 7.12. The third kappa shape index (κ3) is 3.52. The van der Waals surface area contributed by atoms with Crippen molar-refractivity contribution < 1.29 is 17.6 Å². The van der Waals surface area contributed by atoms with Gasteiger partial charge >= 0.3 is 0 Å². The number of carbonyl (C=O) groups excluding carboxylic acids is 1. The number of benzene rings is 1. The van der Waals surface area contributed by atoms with Crippen molar-refractivity contribution in [2.45, 2.75) is 23.2 Å². The first-order valence-corrected chi connectivity index (χ1v) is 12.2. The summed E-state index contributed by atoms with van der Waals surface area (Å²) in [5, 5.41) is 4.61. The molecule has 1 aromatic carbocycles. The van der Waals surface area contributed by atoms with Gasteiger partial charge in [0.15, 0.2) is 6.39 Å². The Hall–Kier alpha value is -1.98. The average molecular weight is 467 g/mol. The number of piperazine rings is 1. The molecule has 2 aliphatic rings. The van der Waals surface area contributed by atoms with Crippen LogP contribution in [0.25, 0.3) is 10.1 Å². The molecule has 30 heavy (non-hydrogen) atoms. The smallest absolute Gasteiger partial charge is 0.252 e. The van der Waals surface area contributed by atoms with Crippen LogP contribution in [0.3, 0.4) is 0 Å². The van der Waals surface area contributed by atoms with Crippen molar-refractivity contribution >= 4 is 49.0 Å². The largest absolute Gasteiger partial charge is 0.447 e. The number of hydrogen-bond donors (Lipinski definition) is 1. The maximum atomic E-state index is 13.1. The van der Waals surface area contributed by atoms with Crippen LogP contribution in [0.4, 0.5) is 0 Å². The Balaban J connectivity index is 1.26. The fraction of sp³-hybridized carbons (Fsp3) is 0.368. The zero-order chi connectivity index (χ0) is 20.9. The Bertz CT molecular complexity index is 1210. The van der Waals surface area contributed by atoms with Crippen LogP contribution in [0, 0.1) is 0 Å². The number of amides is 1. The summed E-state index contributed by atoms with van der Waals surface area (Å²) in [6, 6.07) is 6.66. The van der Waals surface area contributed by atoms with Gasteiger partial charge in [-0.3, -0.25) is 10.1 Å². The molecule has 1 atom stereocenters. The van der Waals surface area contributed by atoms with E-state index in [0.717, 1.165) is 21.5 Å². The minimum absolute atomic E-state index is 0.0304. The number of hydrogen-bond acceptors (Lipinski definition) is 7. The molecule has 1 N–H and O–H groups in total. The van der Waals surface area contributed by atoms with Crippen molar-refractivity contribution in [1.29, 1.82) is 0 Å². The summed E-state index contributed by atoms with van der Waals surface area (Å²) in [5.41, 5.74) is 0.804. The number of nitrogens with zero attached hydrogens (tertiary/aromatic N) is 3. The third-order valence-corrected chi connectivity index (χ3v) is 9.21. The third-order valence-electron chi connectivity index (χ3n) is 5.53. The van der Waals surface area contributed by atoms with Crippen molar-refractivity contribution in [2.24, 2.45) is 0 Å². The Morgan fingerprint density at radius 3 is 2.83 bits per heavy atom. The molecule has 0 radical (unpaired) electrons. The van der Waals surface area contributed by atoms with Crippen molar-refractivity contribution in [3.63, 3.8) is 0 Å². The second-order valence-corrected chi connectivity index (χ2v) is 11.0. The quantitative estimate of drug-likeness (QED) is 0.635. The first-order chi connectivity index (χ1) is 14.4. The topological polar surface area (TPSA) is 95.8 Å². The predicted molar refractivity (Wildman–Crippen MR) is 113 cm³/mol. The van der Waals surface area contributed by atoms with Crippen LogP contribution in [-0.4, -0.2) is 60.7 Å². The number of nitrogens with one attached hydrogen (secondary N) is 1. The van der Waals surface area contributed by atoms with Gasteiger partial charge in [0, 0.05) is 42.3 Å². The monoisotopic (exact) mass is 466 g/mol. The normalized spacial score (nSPS) is 20.4. The number of carbonyl (C=O) groups is 1. The molecule has 3 aromatic rings. The Morgan fingerprint density at radius 1 is 1.23 bits per heavy atom. The van der Waals surface area contributed by atoms with Crippen LogP contribution >= 0.6 is 22.9 Å². The molecule has 1 fully saturated rings. The van der Waals surface area contributed by atoms with Gasteiger partial charge in [-0.25, -0.2) is 13.4 Å². The first kappa shape index (κ1) is 20.0. The summed E-state index contributed by atoms with van der Waals surface area (Å²) in [6.07, 6.45) is 1.87. The molecule has 1 amide bonds. The standard InChI is InChI=1S/C19H19ClN4O4S2/c20-13-2-1-12-7-18(29-17(12)8-13)30(26,27)24-5-3-23(4-6-24)19(25)15-9-14-16(10-21-15)28-11-22-14/h1-2,7-8,11,15,21H,3-6,9-10H2. The van der Waals surface area contributed by atoms with E-state index in [1.165, 1.54) is 22.0 Å². The minimum atomic E-state index is -3.61. The van der Waals surface area contributed by atoms with Crippen molar-refractivity contribution in [3.05, 3.63) is 47.1 Å². The number of thiophene rings is 1. The summed E-state index contributed by atoms with van der Waals surface area (Å²) >= 11 is 7.23. The molecule has 2 aromatic heterocycles. The summed E-state index contributed by atoms with van der Waals surface area (Å²) in [6.45, 7) is 1.73. The lowest BCUT2D eigenvalue weighted by molar-refractivity contribution is -0.134. The van der Waals surface area contributed by atoms with Crippen molar-refractivity contribution in [2.75, 3.05) is 26.2 Å². The number of rotatable bonds is 3. The van der Waals surface area contributed by atoms with E-state index in [1.54, 1.807) is 23.1 Å². The number of aromatic nitrogens is 1. The van der Waals surface area contributed by atoms with E-state index in [2.05, 4.69) is 10.3 Å². The summed E-state index contributed by atoms with van der Waals surface area (Å²) in [7, 11) is -3.61. The van der Waals surface area contributed by atoms with Crippen LogP contribution in [0.2, 0.25) is 5.02 Å². The second-order valence-electron chi connectivity index (χ2n) is 7.34. The molecule has 5 rings (SSSR count). The van der Waals surface area contributed by atoms with E-state index >= 15 is 0 Å². The first-order valence-electron chi connectivity index (χ1n) is 9.54. The highest BCUT2D eigenvalue weighted by molar-refractivity contribution is 7.91. The Labute approximate surface area is 182 Å². The molecule has 1 unspecified atom stereocenters. The molecule has 0 spiro atoms. The highest BCUT2D eigenvalue weighted by Crippen LogP contribution is 2.33. The van der Waals surface area contributed by atoms with E-state index in [4.69, 9.17) is 16.0 Å². The predicted octanol–water partition coefficient (Wildman–Crippen LogP) is 2.09. The SMILES string of the molecule is O=C(C1Cc2ncoc2CN1)N1CCN(S(=O)(=O)c2cc3ccc(Cl)cc3s2)CC1. The van der Waals surface area contributed by atoms with Crippen LogP contribution < -0.4 is 5.32 Å². The molecule has 1 saturated heterocycles. The minimum Gasteiger partial charge on any atom is -0.447 e. The lowest BCUT2D eigenvalue weighted by Gasteiger charge is -2.36. The fourth-order valence-electron chi connectivity index (χ4n) is 3.86. The molecule has 11 heteroatoms. The van der Waals surface area contributed by atoms with Gasteiger partial charge in [-0.05, 0) is 23.6 Å². The van der Waals surface area contributed by atoms with Gasteiger partial charge in [-0.15, -0.1) is 11.3 Å². The van der Waals surface area contributed by atoms with Gasteiger partial charge in [-0.2, -0.15) is 4.31 Å². The number of oxazole rings is 1. The second kappa shape index (κ2) is 7.61. The van der Waals surface area contributed by atoms with Crippen LogP contribution in [0.5, 0.6) is 0 Å². The molecular formula is C19H19ClN4O4S2. The molecule has 8 nitrogen and oxygen atoms in total. The number of fused-ring (bicyclic) bond motifs is 2. The van der Waals surface area contributed by atoms with Gasteiger partial charge in [0.1, 0.15) is 9.97 Å². The Kier molecular flexibility index (Phi) is 5.06. The van der Waals surface area contributed by atoms with Gasteiger partial charge in [0.25, 0.3) is 10.0 Å². The van der Waals surface area contributed by atoms with E-state index in [1.807, 2.05) is 6.07 Å². The molecule has 0 saturated carbocycles. The zero-order valence-corrected chi connectivity index (χ0v) is 18.3. The molecule has 4 heterocycles. The highest BCUT2D eigenvalue weighted by atomic mass is 35.5. The average Bonchev–Trinajstić information content (AvgIpc) is 3.39. The van der Waals surface area contributed by atoms with Gasteiger partial charge in [0.05, 0.1) is 18.3 Å². The van der Waals surface area contributed by atoms with Crippen LogP contribution in [0.15, 0.2) is 39.3 Å². The van der Waals surface area contributed by atoms with E-state index in [0.29, 0.717) is 35.3 Å². The molecule has 0 aliphatic carbocycles. The Morgan fingerprint density at radius 2 is 2.03 bits per heavy atom. The summed E-state index contributed by atoms with van der Waals surface area (Å²) in [5.74, 6) is 0.733. The summed E-state index contributed by atoms with van der Waals surface area (Å²) in [4.78, 5) is 18.8. The lowest BCUT2D eigenvalue weighted by Crippen LogP contribution is -2.56. The molecular weight excluding hydrogens is 448 g/mol. The number of sulfonamides is 1. The maximum Gasteiger partial charge on any atom is 0.252 e. The van der Waals surface area contributed by atoms with Crippen molar-refractivity contribution in [3.8, 4) is 0 Å². The van der Waals surface area contributed by atoms with Crippen molar-refractivity contribution in [1.82, 2.24) is 19.5 Å². The molecule has 158 valence electrons. The lowest BCUT2D eigenvalue weighted by atomic mass is 10.0. The van der Waals surface area contributed by atoms with E-state index < -0.39 is 10.0 Å². The van der Waals surface area contributed by atoms with E-state index in [-0.39, 0.29) is 25.0 Å². The maximum absolute atomic E-state index is 13.1. The number of halogens is 1. The molecule has 2 aliphatic heterocycles. The van der Waals surface area contributed by atoms with Crippen LogP contribution in [-0.2, 0) is 27.8 Å². The zero-order valence-electron chi connectivity index (χ0n) is 15.9. The van der Waals surface area contributed by atoms with Crippen LogP contribution in [0.1, 0.15) is 11.5 Å². The molecule has 0 bridgehead atoms.